The second kappa shape index (κ2) is 5.30. The van der Waals surface area contributed by atoms with Crippen molar-refractivity contribution in [2.75, 3.05) is 13.2 Å². The standard InChI is InChI=1S/C8H12N2O5/c11-6-2-1-5(3-9-6)8(14)10-15-4-7(12)13/h5H,1-4H2,(H,9,11)(H,10,14)(H,12,13). The molecule has 1 atom stereocenters. The zero-order chi connectivity index (χ0) is 11.3. The third-order valence-corrected chi connectivity index (χ3v) is 2.00. The SMILES string of the molecule is O=C(O)CONC(=O)C1CCC(=O)NC1. The highest BCUT2D eigenvalue weighted by Gasteiger charge is 2.24. The lowest BCUT2D eigenvalue weighted by atomic mass is 9.99. The molecule has 1 rings (SSSR count). The van der Waals surface area contributed by atoms with E-state index in [-0.39, 0.29) is 18.4 Å². The molecule has 1 fully saturated rings. The second-order valence-corrected chi connectivity index (χ2v) is 3.19. The van der Waals surface area contributed by atoms with Gasteiger partial charge in [-0.1, -0.05) is 0 Å². The third kappa shape index (κ3) is 3.94. The highest BCUT2D eigenvalue weighted by molar-refractivity contribution is 5.83. The molecule has 0 aromatic rings. The van der Waals surface area contributed by atoms with Crippen molar-refractivity contribution in [1.82, 2.24) is 10.8 Å². The molecule has 0 aromatic carbocycles. The molecule has 7 heteroatoms. The van der Waals surface area contributed by atoms with E-state index in [9.17, 15) is 14.4 Å². The number of hydrogen-bond acceptors (Lipinski definition) is 4. The van der Waals surface area contributed by atoms with Gasteiger partial charge in [0.15, 0.2) is 6.61 Å². The molecular formula is C8H12N2O5. The maximum atomic E-state index is 11.3. The third-order valence-electron chi connectivity index (χ3n) is 2.00. The van der Waals surface area contributed by atoms with Crippen molar-refractivity contribution in [1.29, 1.82) is 0 Å². The van der Waals surface area contributed by atoms with Gasteiger partial charge in [0.05, 0.1) is 5.92 Å². The zero-order valence-electron chi connectivity index (χ0n) is 7.99. The molecule has 3 N–H and O–H groups in total. The van der Waals surface area contributed by atoms with Crippen molar-refractivity contribution in [2.45, 2.75) is 12.8 Å². The molecule has 0 saturated carbocycles. The van der Waals surface area contributed by atoms with E-state index >= 15 is 0 Å². The predicted molar refractivity (Wildman–Crippen MR) is 47.5 cm³/mol. The number of hydroxylamine groups is 1. The predicted octanol–water partition coefficient (Wildman–Crippen LogP) is -1.35. The fraction of sp³-hybridized carbons (Fsp3) is 0.625. The van der Waals surface area contributed by atoms with E-state index < -0.39 is 18.5 Å². The van der Waals surface area contributed by atoms with E-state index in [1.165, 1.54) is 0 Å². The average Bonchev–Trinajstić information content (AvgIpc) is 2.18. The van der Waals surface area contributed by atoms with Crippen LogP contribution >= 0.6 is 0 Å². The molecule has 0 aromatic heterocycles. The average molecular weight is 216 g/mol. The van der Waals surface area contributed by atoms with Gasteiger partial charge in [-0.3, -0.25) is 14.4 Å². The Morgan fingerprint density at radius 1 is 1.60 bits per heavy atom. The molecule has 1 heterocycles. The summed E-state index contributed by atoms with van der Waals surface area (Å²) in [6.45, 7) is -0.314. The second-order valence-electron chi connectivity index (χ2n) is 3.19. The van der Waals surface area contributed by atoms with E-state index in [2.05, 4.69) is 10.2 Å². The van der Waals surface area contributed by atoms with Gasteiger partial charge in [-0.15, -0.1) is 0 Å². The Bertz CT molecular complexity index is 268. The molecule has 7 nitrogen and oxygen atoms in total. The lowest BCUT2D eigenvalue weighted by molar-refractivity contribution is -0.151. The summed E-state index contributed by atoms with van der Waals surface area (Å²) in [6, 6.07) is 0. The minimum atomic E-state index is -1.16. The van der Waals surface area contributed by atoms with Gasteiger partial charge >= 0.3 is 5.97 Å². The van der Waals surface area contributed by atoms with E-state index in [1.54, 1.807) is 0 Å². The van der Waals surface area contributed by atoms with Crippen molar-refractivity contribution in [2.24, 2.45) is 5.92 Å². The van der Waals surface area contributed by atoms with Gasteiger partial charge in [0.1, 0.15) is 0 Å². The Labute approximate surface area is 85.7 Å². The highest BCUT2D eigenvalue weighted by atomic mass is 16.7. The number of rotatable bonds is 4. The molecule has 84 valence electrons. The minimum absolute atomic E-state index is 0.0782. The minimum Gasteiger partial charge on any atom is -0.479 e. The van der Waals surface area contributed by atoms with Gasteiger partial charge in [0.25, 0.3) is 0 Å². The molecule has 1 saturated heterocycles. The molecule has 15 heavy (non-hydrogen) atoms. The number of carbonyl (C=O) groups excluding carboxylic acids is 2. The number of nitrogens with one attached hydrogen (secondary N) is 2. The molecule has 0 radical (unpaired) electrons. The van der Waals surface area contributed by atoms with Crippen LogP contribution in [0.2, 0.25) is 0 Å². The Kier molecular flexibility index (Phi) is 4.04. The summed E-state index contributed by atoms with van der Waals surface area (Å²) in [7, 11) is 0. The first kappa shape index (κ1) is 11.4. The van der Waals surface area contributed by atoms with Crippen molar-refractivity contribution < 1.29 is 24.3 Å². The lowest BCUT2D eigenvalue weighted by Crippen LogP contribution is -2.43. The maximum Gasteiger partial charge on any atom is 0.332 e. The quantitative estimate of drug-likeness (QED) is 0.504. The number of carbonyl (C=O) groups is 3. The van der Waals surface area contributed by atoms with Crippen LogP contribution < -0.4 is 10.8 Å². The number of hydrogen-bond donors (Lipinski definition) is 3. The number of piperidine rings is 1. The molecule has 1 unspecified atom stereocenters. The van der Waals surface area contributed by atoms with Gasteiger partial charge in [0, 0.05) is 13.0 Å². The van der Waals surface area contributed by atoms with Gasteiger partial charge in [-0.25, -0.2) is 10.3 Å². The van der Waals surface area contributed by atoms with Crippen LogP contribution in [0.25, 0.3) is 0 Å². The van der Waals surface area contributed by atoms with Gasteiger partial charge < -0.3 is 10.4 Å². The van der Waals surface area contributed by atoms with Crippen LogP contribution in [-0.4, -0.2) is 36.0 Å². The van der Waals surface area contributed by atoms with Crippen molar-refractivity contribution in [3.05, 3.63) is 0 Å². The Hall–Kier alpha value is -1.63. The monoisotopic (exact) mass is 216 g/mol. The number of aliphatic carboxylic acids is 1. The van der Waals surface area contributed by atoms with Crippen LogP contribution in [0.15, 0.2) is 0 Å². The Morgan fingerprint density at radius 3 is 2.87 bits per heavy atom. The van der Waals surface area contributed by atoms with Crippen LogP contribution in [0.1, 0.15) is 12.8 Å². The number of carboxylic acid groups (broad SMARTS) is 1. The number of amides is 2. The largest absolute Gasteiger partial charge is 0.479 e. The summed E-state index contributed by atoms with van der Waals surface area (Å²) >= 11 is 0. The van der Waals surface area contributed by atoms with Crippen molar-refractivity contribution in [3.63, 3.8) is 0 Å². The van der Waals surface area contributed by atoms with Crippen LogP contribution in [0, 0.1) is 5.92 Å². The van der Waals surface area contributed by atoms with Crippen LogP contribution in [0.3, 0.4) is 0 Å². The van der Waals surface area contributed by atoms with Gasteiger partial charge in [-0.2, -0.15) is 0 Å². The summed E-state index contributed by atoms with van der Waals surface area (Å²) in [6.07, 6.45) is 0.755. The molecule has 0 aliphatic carbocycles. The molecule has 0 spiro atoms. The molecule has 2 amide bonds. The first-order valence-corrected chi connectivity index (χ1v) is 4.49. The first-order chi connectivity index (χ1) is 7.09. The summed E-state index contributed by atoms with van der Waals surface area (Å²) in [4.78, 5) is 36.6. The Balaban J connectivity index is 2.22. The highest BCUT2D eigenvalue weighted by Crippen LogP contribution is 2.10. The van der Waals surface area contributed by atoms with Gasteiger partial charge in [-0.05, 0) is 6.42 Å². The molecule has 1 aliphatic rings. The summed E-state index contributed by atoms with van der Waals surface area (Å²) in [5, 5.41) is 10.8. The molecule has 0 bridgehead atoms. The lowest BCUT2D eigenvalue weighted by Gasteiger charge is -2.20. The van der Waals surface area contributed by atoms with Crippen LogP contribution in [0.5, 0.6) is 0 Å². The maximum absolute atomic E-state index is 11.3. The zero-order valence-corrected chi connectivity index (χ0v) is 7.99. The normalized spacial score (nSPS) is 20.5. The van der Waals surface area contributed by atoms with Crippen molar-refractivity contribution >= 4 is 17.8 Å². The first-order valence-electron chi connectivity index (χ1n) is 4.49. The fourth-order valence-electron chi connectivity index (χ4n) is 1.21. The van der Waals surface area contributed by atoms with Gasteiger partial charge in [0.2, 0.25) is 11.8 Å². The van der Waals surface area contributed by atoms with Crippen molar-refractivity contribution in [3.8, 4) is 0 Å². The topological polar surface area (TPSA) is 105 Å². The summed E-state index contributed by atoms with van der Waals surface area (Å²) < 4.78 is 0. The smallest absolute Gasteiger partial charge is 0.332 e. The number of carboxylic acids is 1. The van der Waals surface area contributed by atoms with E-state index in [0.717, 1.165) is 0 Å². The summed E-state index contributed by atoms with van der Waals surface area (Å²) in [5.41, 5.74) is 2.03. The fourth-order valence-corrected chi connectivity index (χ4v) is 1.21. The van der Waals surface area contributed by atoms with E-state index in [4.69, 9.17) is 5.11 Å². The van der Waals surface area contributed by atoms with E-state index in [0.29, 0.717) is 12.8 Å². The summed E-state index contributed by atoms with van der Waals surface area (Å²) in [5.74, 6) is -1.99. The molecule has 1 aliphatic heterocycles. The van der Waals surface area contributed by atoms with Crippen LogP contribution in [0.4, 0.5) is 0 Å². The van der Waals surface area contributed by atoms with Crippen LogP contribution in [-0.2, 0) is 19.2 Å². The molecular weight excluding hydrogens is 204 g/mol. The Morgan fingerprint density at radius 2 is 2.33 bits per heavy atom. The van der Waals surface area contributed by atoms with E-state index in [1.807, 2.05) is 5.48 Å².